The highest BCUT2D eigenvalue weighted by Crippen LogP contribution is 2.24. The molecule has 16 heavy (non-hydrogen) atoms. The van der Waals surface area contributed by atoms with Crippen molar-refractivity contribution in [3.8, 4) is 0 Å². The number of hydrogen-bond acceptors (Lipinski definition) is 2. The first-order valence-electron chi connectivity index (χ1n) is 4.78. The van der Waals surface area contributed by atoms with E-state index in [1.54, 1.807) is 29.9 Å². The third-order valence-electron chi connectivity index (χ3n) is 2.46. The number of fused-ring (bicyclic) bond motifs is 1. The highest BCUT2D eigenvalue weighted by atomic mass is 32.2. The van der Waals surface area contributed by atoms with Crippen LogP contribution < -0.4 is 0 Å². The normalized spacial score (nSPS) is 12.2. The third-order valence-corrected chi connectivity index (χ3v) is 3.30. The molecule has 0 bridgehead atoms. The first-order chi connectivity index (χ1) is 7.38. The lowest BCUT2D eigenvalue weighted by Gasteiger charge is -1.98. The summed E-state index contributed by atoms with van der Waals surface area (Å²) >= 11 is 0. The molecule has 1 aromatic heterocycles. The van der Waals surface area contributed by atoms with Gasteiger partial charge in [-0.15, -0.1) is 0 Å². The molecule has 1 heterocycles. The molecule has 86 valence electrons. The second-order valence-electron chi connectivity index (χ2n) is 3.97. The summed E-state index contributed by atoms with van der Waals surface area (Å²) in [6.07, 6.45) is 2.81. The van der Waals surface area contributed by atoms with Crippen LogP contribution in [0.1, 0.15) is 5.56 Å². The van der Waals surface area contributed by atoms with Gasteiger partial charge in [0.05, 0.1) is 11.3 Å². The molecule has 0 aliphatic carbocycles. The Labute approximate surface area is 93.4 Å². The lowest BCUT2D eigenvalue weighted by atomic mass is 10.2. The number of hydrogen-bond donors (Lipinski definition) is 0. The van der Waals surface area contributed by atoms with E-state index in [1.165, 1.54) is 6.07 Å². The first-order valence-corrected chi connectivity index (χ1v) is 6.85. The third kappa shape index (κ3) is 1.95. The van der Waals surface area contributed by atoms with Gasteiger partial charge in [-0.05, 0) is 17.7 Å². The maximum Gasteiger partial charge on any atom is 0.151 e. The van der Waals surface area contributed by atoms with Gasteiger partial charge in [0.2, 0.25) is 0 Å². The summed E-state index contributed by atoms with van der Waals surface area (Å²) in [5.74, 6) is -0.512. The Hall–Kier alpha value is -1.36. The fraction of sp³-hybridized carbons (Fsp3) is 0.273. The van der Waals surface area contributed by atoms with E-state index in [2.05, 4.69) is 0 Å². The average Bonchev–Trinajstić information content (AvgIpc) is 2.42. The topological polar surface area (TPSA) is 39.1 Å². The molecule has 0 saturated heterocycles. The van der Waals surface area contributed by atoms with Crippen molar-refractivity contribution in [2.24, 2.45) is 7.05 Å². The Kier molecular flexibility index (Phi) is 2.50. The second kappa shape index (κ2) is 3.59. The van der Waals surface area contributed by atoms with Crippen molar-refractivity contribution in [3.63, 3.8) is 0 Å². The van der Waals surface area contributed by atoms with Crippen LogP contribution in [0, 0.1) is 5.82 Å². The SMILES string of the molecule is Cn1cc(CS(C)(=O)=O)c2c(F)cccc21. The van der Waals surface area contributed by atoms with Crippen molar-refractivity contribution in [3.05, 3.63) is 35.8 Å². The predicted molar refractivity (Wildman–Crippen MR) is 61.4 cm³/mol. The molecule has 0 fully saturated rings. The Balaban J connectivity index is 2.71. The maximum absolute atomic E-state index is 13.6. The Bertz CT molecular complexity index is 643. The monoisotopic (exact) mass is 241 g/mol. The summed E-state index contributed by atoms with van der Waals surface area (Å²) in [6, 6.07) is 4.72. The van der Waals surface area contributed by atoms with Gasteiger partial charge >= 0.3 is 0 Å². The van der Waals surface area contributed by atoms with Gasteiger partial charge in [-0.2, -0.15) is 0 Å². The van der Waals surface area contributed by atoms with Gasteiger partial charge in [-0.25, -0.2) is 12.8 Å². The number of aryl methyl sites for hydroxylation is 1. The van der Waals surface area contributed by atoms with Crippen molar-refractivity contribution >= 4 is 20.7 Å². The Morgan fingerprint density at radius 2 is 2.06 bits per heavy atom. The molecule has 0 aliphatic heterocycles. The molecular weight excluding hydrogens is 229 g/mol. The molecule has 2 rings (SSSR count). The zero-order valence-corrected chi connectivity index (χ0v) is 9.88. The molecule has 1 aromatic carbocycles. The van der Waals surface area contributed by atoms with E-state index in [1.807, 2.05) is 0 Å². The summed E-state index contributed by atoms with van der Waals surface area (Å²) < 4.78 is 37.8. The smallest absolute Gasteiger partial charge is 0.151 e. The number of sulfone groups is 1. The standard InChI is InChI=1S/C11H12FNO2S/c1-13-6-8(7-16(2,14)15)11-9(12)4-3-5-10(11)13/h3-6H,7H2,1-2H3. The molecule has 0 radical (unpaired) electrons. The minimum absolute atomic E-state index is 0.134. The van der Waals surface area contributed by atoms with E-state index >= 15 is 0 Å². The summed E-state index contributed by atoms with van der Waals surface area (Å²) in [7, 11) is -1.38. The maximum atomic E-state index is 13.6. The fourth-order valence-electron chi connectivity index (χ4n) is 1.88. The number of rotatable bonds is 2. The van der Waals surface area contributed by atoms with Crippen LogP contribution in [0.25, 0.3) is 10.9 Å². The highest BCUT2D eigenvalue weighted by molar-refractivity contribution is 7.89. The Morgan fingerprint density at radius 3 is 2.69 bits per heavy atom. The van der Waals surface area contributed by atoms with Gasteiger partial charge in [0, 0.05) is 24.9 Å². The number of nitrogens with zero attached hydrogens (tertiary/aromatic N) is 1. The van der Waals surface area contributed by atoms with E-state index in [0.29, 0.717) is 16.5 Å². The van der Waals surface area contributed by atoms with Gasteiger partial charge in [-0.3, -0.25) is 0 Å². The molecule has 5 heteroatoms. The van der Waals surface area contributed by atoms with Crippen LogP contribution in [-0.2, 0) is 22.6 Å². The summed E-state index contributed by atoms with van der Waals surface area (Å²) in [5.41, 5.74) is 1.22. The van der Waals surface area contributed by atoms with Crippen molar-refractivity contribution in [1.82, 2.24) is 4.57 Å². The second-order valence-corrected chi connectivity index (χ2v) is 6.11. The van der Waals surface area contributed by atoms with E-state index in [4.69, 9.17) is 0 Å². The number of halogens is 1. The van der Waals surface area contributed by atoms with Crippen LogP contribution in [0.5, 0.6) is 0 Å². The lowest BCUT2D eigenvalue weighted by Crippen LogP contribution is -2.00. The van der Waals surface area contributed by atoms with Gasteiger partial charge < -0.3 is 4.57 Å². The van der Waals surface area contributed by atoms with Crippen molar-refractivity contribution in [2.75, 3.05) is 6.26 Å². The van der Waals surface area contributed by atoms with Crippen LogP contribution in [0.2, 0.25) is 0 Å². The van der Waals surface area contributed by atoms with E-state index < -0.39 is 9.84 Å². The molecule has 3 nitrogen and oxygen atoms in total. The fourth-order valence-corrected chi connectivity index (χ4v) is 2.67. The summed E-state index contributed by atoms with van der Waals surface area (Å²) in [6.45, 7) is 0. The quantitative estimate of drug-likeness (QED) is 0.805. The number of benzene rings is 1. The van der Waals surface area contributed by atoms with Crippen LogP contribution in [0.3, 0.4) is 0 Å². The number of aromatic nitrogens is 1. The summed E-state index contributed by atoms with van der Waals surface area (Å²) in [5, 5.41) is 0.399. The minimum Gasteiger partial charge on any atom is -0.350 e. The highest BCUT2D eigenvalue weighted by Gasteiger charge is 2.14. The molecule has 0 saturated carbocycles. The molecular formula is C11H12FNO2S. The van der Waals surface area contributed by atoms with E-state index in [0.717, 1.165) is 6.26 Å². The molecule has 0 spiro atoms. The average molecular weight is 241 g/mol. The zero-order chi connectivity index (χ0) is 11.9. The largest absolute Gasteiger partial charge is 0.350 e. The minimum atomic E-state index is -3.15. The first kappa shape index (κ1) is 11.1. The van der Waals surface area contributed by atoms with Crippen LogP contribution >= 0.6 is 0 Å². The predicted octanol–water partition coefficient (Wildman–Crippen LogP) is 1.86. The molecule has 2 aromatic rings. The molecule has 0 unspecified atom stereocenters. The summed E-state index contributed by atoms with van der Waals surface area (Å²) in [4.78, 5) is 0. The molecule has 0 aliphatic rings. The van der Waals surface area contributed by atoms with Gasteiger partial charge in [0.15, 0.2) is 9.84 Å². The van der Waals surface area contributed by atoms with Crippen LogP contribution in [0.15, 0.2) is 24.4 Å². The molecule has 0 N–H and O–H groups in total. The van der Waals surface area contributed by atoms with Crippen molar-refractivity contribution < 1.29 is 12.8 Å². The van der Waals surface area contributed by atoms with Gasteiger partial charge in [0.1, 0.15) is 5.82 Å². The molecule has 0 amide bonds. The Morgan fingerprint density at radius 1 is 1.38 bits per heavy atom. The van der Waals surface area contributed by atoms with Gasteiger partial charge in [0.25, 0.3) is 0 Å². The van der Waals surface area contributed by atoms with Crippen LogP contribution in [-0.4, -0.2) is 19.2 Å². The van der Waals surface area contributed by atoms with Gasteiger partial charge in [-0.1, -0.05) is 6.07 Å². The van der Waals surface area contributed by atoms with Crippen molar-refractivity contribution in [1.29, 1.82) is 0 Å². The van der Waals surface area contributed by atoms with E-state index in [-0.39, 0.29) is 11.6 Å². The molecule has 0 atom stereocenters. The van der Waals surface area contributed by atoms with E-state index in [9.17, 15) is 12.8 Å². The van der Waals surface area contributed by atoms with Crippen LogP contribution in [0.4, 0.5) is 4.39 Å². The lowest BCUT2D eigenvalue weighted by molar-refractivity contribution is 0.601. The van der Waals surface area contributed by atoms with Crippen molar-refractivity contribution in [2.45, 2.75) is 5.75 Å². The zero-order valence-electron chi connectivity index (χ0n) is 9.07.